The number of hydrogen-bond donors (Lipinski definition) is 1. The number of carbonyl (C=O) groups is 1. The summed E-state index contributed by atoms with van der Waals surface area (Å²) in [6, 6.07) is -0.172. The summed E-state index contributed by atoms with van der Waals surface area (Å²) in [5, 5.41) is 4.40. The highest BCUT2D eigenvalue weighted by molar-refractivity contribution is 5.66. The van der Waals surface area contributed by atoms with Gasteiger partial charge in [0, 0.05) is 20.6 Å². The zero-order valence-electron chi connectivity index (χ0n) is 9.58. The number of nitrogens with one attached hydrogen (secondary N) is 1. The average Bonchev–Trinajstić information content (AvgIpc) is 2.10. The second-order valence-electron chi connectivity index (χ2n) is 3.64. The Morgan fingerprint density at radius 1 is 1.36 bits per heavy atom. The van der Waals surface area contributed by atoms with Gasteiger partial charge in [0.05, 0.1) is 13.3 Å². The lowest BCUT2D eigenvalue weighted by Crippen LogP contribution is -2.40. The van der Waals surface area contributed by atoms with Crippen LogP contribution >= 0.6 is 0 Å². The van der Waals surface area contributed by atoms with Crippen molar-refractivity contribution in [1.29, 1.82) is 0 Å². The van der Waals surface area contributed by atoms with E-state index >= 15 is 0 Å². The lowest BCUT2D eigenvalue weighted by atomic mass is 10.4. The van der Waals surface area contributed by atoms with Crippen LogP contribution in [-0.2, 0) is 0 Å². The minimum absolute atomic E-state index is 0.172. The fraction of sp³-hybridized carbons (Fsp3) is 0.778. The SMILES string of the molecule is C=[N+](C(=O)NCCCN(C)C)N(C)C. The molecule has 0 radical (unpaired) electrons. The maximum atomic E-state index is 11.3. The van der Waals surface area contributed by atoms with Crippen molar-refractivity contribution in [1.82, 2.24) is 15.2 Å². The van der Waals surface area contributed by atoms with Gasteiger partial charge in [-0.2, -0.15) is 4.79 Å². The molecule has 0 fully saturated rings. The molecule has 0 atom stereocenters. The highest BCUT2D eigenvalue weighted by atomic mass is 16.2. The number of urea groups is 1. The molecule has 5 heteroatoms. The molecule has 0 aromatic heterocycles. The zero-order chi connectivity index (χ0) is 11.1. The van der Waals surface area contributed by atoms with Gasteiger partial charge in [0.25, 0.3) is 0 Å². The van der Waals surface area contributed by atoms with Gasteiger partial charge in [0.15, 0.2) is 0 Å². The molecule has 5 nitrogen and oxygen atoms in total. The first-order valence-corrected chi connectivity index (χ1v) is 4.65. The Hall–Kier alpha value is -1.10. The van der Waals surface area contributed by atoms with Gasteiger partial charge in [0.2, 0.25) is 0 Å². The Balaban J connectivity index is 3.60. The second kappa shape index (κ2) is 6.37. The first-order valence-electron chi connectivity index (χ1n) is 4.65. The molecule has 14 heavy (non-hydrogen) atoms. The molecule has 0 rings (SSSR count). The standard InChI is InChI=1S/C9H20N4O/c1-11(2)8-6-7-10-9(14)13(5)12(3)4/h5-8H2,1-4H3/p+1. The molecule has 0 saturated heterocycles. The van der Waals surface area contributed by atoms with Crippen LogP contribution in [0.15, 0.2) is 0 Å². The van der Waals surface area contributed by atoms with Crippen LogP contribution in [0.4, 0.5) is 4.79 Å². The van der Waals surface area contributed by atoms with Crippen LogP contribution in [0.2, 0.25) is 0 Å². The smallest absolute Gasteiger partial charge is 0.309 e. The lowest BCUT2D eigenvalue weighted by Gasteiger charge is -2.11. The van der Waals surface area contributed by atoms with Gasteiger partial charge >= 0.3 is 6.03 Å². The molecule has 0 bridgehead atoms. The summed E-state index contributed by atoms with van der Waals surface area (Å²) in [4.78, 5) is 13.4. The van der Waals surface area contributed by atoms with E-state index < -0.39 is 0 Å². The number of hydrogen-bond acceptors (Lipinski definition) is 3. The number of carbonyl (C=O) groups excluding carboxylic acids is 1. The maximum Gasteiger partial charge on any atom is 0.514 e. The van der Waals surface area contributed by atoms with E-state index in [2.05, 4.69) is 16.9 Å². The Labute approximate surface area is 86.0 Å². The minimum atomic E-state index is -0.172. The van der Waals surface area contributed by atoms with Gasteiger partial charge in [-0.05, 0) is 20.5 Å². The molecular weight excluding hydrogens is 180 g/mol. The molecule has 2 amide bonds. The summed E-state index contributed by atoms with van der Waals surface area (Å²) in [6.07, 6.45) is 0.944. The summed E-state index contributed by atoms with van der Waals surface area (Å²) in [7, 11) is 7.56. The summed E-state index contributed by atoms with van der Waals surface area (Å²) >= 11 is 0. The fourth-order valence-electron chi connectivity index (χ4n) is 0.864. The molecule has 0 aliphatic heterocycles. The Bertz CT molecular complexity index is 201. The zero-order valence-corrected chi connectivity index (χ0v) is 9.58. The quantitative estimate of drug-likeness (QED) is 0.291. The molecular formula is C9H21N4O+. The highest BCUT2D eigenvalue weighted by Gasteiger charge is 2.13. The van der Waals surface area contributed by atoms with Gasteiger partial charge in [-0.1, -0.05) is 0 Å². The number of rotatable bonds is 5. The van der Waals surface area contributed by atoms with E-state index in [1.54, 1.807) is 19.1 Å². The molecule has 0 aromatic rings. The summed E-state index contributed by atoms with van der Waals surface area (Å²) in [5.74, 6) is 0. The summed E-state index contributed by atoms with van der Waals surface area (Å²) in [6.45, 7) is 5.24. The van der Waals surface area contributed by atoms with Crippen LogP contribution in [0.5, 0.6) is 0 Å². The van der Waals surface area contributed by atoms with Crippen LogP contribution < -0.4 is 5.32 Å². The first kappa shape index (κ1) is 12.9. The van der Waals surface area contributed by atoms with Crippen LogP contribution in [0.25, 0.3) is 0 Å². The number of nitrogens with zero attached hydrogens (tertiary/aromatic N) is 3. The van der Waals surface area contributed by atoms with E-state index in [4.69, 9.17) is 0 Å². The summed E-state index contributed by atoms with van der Waals surface area (Å²) < 4.78 is 1.29. The van der Waals surface area contributed by atoms with E-state index in [1.807, 2.05) is 14.1 Å². The first-order chi connectivity index (χ1) is 6.45. The molecule has 0 heterocycles. The van der Waals surface area contributed by atoms with E-state index in [9.17, 15) is 4.79 Å². The normalized spacial score (nSPS) is 10.1. The third-order valence-corrected chi connectivity index (χ3v) is 1.78. The third kappa shape index (κ3) is 5.53. The Morgan fingerprint density at radius 3 is 2.36 bits per heavy atom. The van der Waals surface area contributed by atoms with E-state index in [0.29, 0.717) is 6.54 Å². The van der Waals surface area contributed by atoms with Crippen LogP contribution in [-0.4, -0.2) is 68.6 Å². The number of hydrazone groups is 1. The average molecular weight is 201 g/mol. The monoisotopic (exact) mass is 201 g/mol. The highest BCUT2D eigenvalue weighted by Crippen LogP contribution is 1.83. The summed E-state index contributed by atoms with van der Waals surface area (Å²) in [5.41, 5.74) is 0. The molecule has 0 aromatic carbocycles. The molecule has 1 N–H and O–H groups in total. The Morgan fingerprint density at radius 2 is 1.93 bits per heavy atom. The van der Waals surface area contributed by atoms with Crippen LogP contribution in [0.1, 0.15) is 6.42 Å². The fourth-order valence-corrected chi connectivity index (χ4v) is 0.864. The van der Waals surface area contributed by atoms with Crippen LogP contribution in [0.3, 0.4) is 0 Å². The largest absolute Gasteiger partial charge is 0.514 e. The number of amides is 2. The van der Waals surface area contributed by atoms with E-state index in [0.717, 1.165) is 13.0 Å². The van der Waals surface area contributed by atoms with Gasteiger partial charge in [0.1, 0.15) is 0 Å². The molecule has 0 saturated carbocycles. The van der Waals surface area contributed by atoms with Gasteiger partial charge in [-0.25, -0.2) is 10.3 Å². The third-order valence-electron chi connectivity index (χ3n) is 1.78. The lowest BCUT2D eigenvalue weighted by molar-refractivity contribution is -0.589. The van der Waals surface area contributed by atoms with Crippen molar-refractivity contribution in [3.05, 3.63) is 0 Å². The van der Waals surface area contributed by atoms with E-state index in [-0.39, 0.29) is 6.03 Å². The Kier molecular flexibility index (Phi) is 5.87. The molecule has 82 valence electrons. The van der Waals surface area contributed by atoms with Crippen LogP contribution in [0, 0.1) is 0 Å². The van der Waals surface area contributed by atoms with Gasteiger partial charge in [-0.3, -0.25) is 0 Å². The van der Waals surface area contributed by atoms with Crippen molar-refractivity contribution in [2.45, 2.75) is 6.42 Å². The maximum absolute atomic E-state index is 11.3. The number of hydrazine groups is 1. The van der Waals surface area contributed by atoms with Gasteiger partial charge in [-0.15, -0.1) is 4.68 Å². The van der Waals surface area contributed by atoms with Crippen molar-refractivity contribution in [3.8, 4) is 0 Å². The predicted octanol–water partition coefficient (Wildman–Crippen LogP) is -0.163. The van der Waals surface area contributed by atoms with Crippen molar-refractivity contribution in [2.75, 3.05) is 41.3 Å². The van der Waals surface area contributed by atoms with Crippen molar-refractivity contribution >= 4 is 12.7 Å². The van der Waals surface area contributed by atoms with Crippen molar-refractivity contribution in [2.24, 2.45) is 0 Å². The van der Waals surface area contributed by atoms with Crippen molar-refractivity contribution < 1.29 is 9.48 Å². The molecule has 0 unspecified atom stereocenters. The topological polar surface area (TPSA) is 38.6 Å². The van der Waals surface area contributed by atoms with Crippen molar-refractivity contribution in [3.63, 3.8) is 0 Å². The second-order valence-corrected chi connectivity index (χ2v) is 3.64. The predicted molar refractivity (Wildman–Crippen MR) is 57.6 cm³/mol. The molecule has 0 aliphatic rings. The molecule has 0 aliphatic carbocycles. The van der Waals surface area contributed by atoms with E-state index in [1.165, 1.54) is 4.68 Å². The van der Waals surface area contributed by atoms with Gasteiger partial charge < -0.3 is 4.90 Å². The minimum Gasteiger partial charge on any atom is -0.309 e. The molecule has 0 spiro atoms.